The maximum Gasteiger partial charge on any atom is 0.243 e. The van der Waals surface area contributed by atoms with Gasteiger partial charge in [0, 0.05) is 37.1 Å². The van der Waals surface area contributed by atoms with E-state index in [0.717, 1.165) is 67.7 Å². The molecule has 1 saturated heterocycles. The van der Waals surface area contributed by atoms with E-state index in [2.05, 4.69) is 36.2 Å². The van der Waals surface area contributed by atoms with E-state index < -0.39 is 6.29 Å². The molecule has 2 amide bonds. The second kappa shape index (κ2) is 26.0. The van der Waals surface area contributed by atoms with Crippen molar-refractivity contribution in [1.29, 1.82) is 0 Å². The Balaban J connectivity index is 1.63. The summed E-state index contributed by atoms with van der Waals surface area (Å²) in [6, 6.07) is 15.8. The van der Waals surface area contributed by atoms with Crippen LogP contribution in [-0.4, -0.2) is 52.8 Å². The van der Waals surface area contributed by atoms with Crippen LogP contribution in [0.25, 0.3) is 0 Å². The lowest BCUT2D eigenvalue weighted by Gasteiger charge is -2.38. The molecule has 9 heteroatoms. The van der Waals surface area contributed by atoms with Crippen molar-refractivity contribution in [1.82, 2.24) is 10.4 Å². The van der Waals surface area contributed by atoms with Gasteiger partial charge in [0.2, 0.25) is 11.8 Å². The molecule has 1 aliphatic rings. The molecule has 2 aromatic rings. The number of benzene rings is 2. The van der Waals surface area contributed by atoms with Gasteiger partial charge in [0.1, 0.15) is 0 Å². The van der Waals surface area contributed by atoms with Gasteiger partial charge in [-0.3, -0.25) is 14.8 Å². The zero-order chi connectivity index (χ0) is 36.5. The molecule has 2 aromatic carbocycles. The van der Waals surface area contributed by atoms with E-state index in [4.69, 9.17) is 14.7 Å². The summed E-state index contributed by atoms with van der Waals surface area (Å²) < 4.78 is 13.3. The van der Waals surface area contributed by atoms with Crippen molar-refractivity contribution in [2.45, 2.75) is 161 Å². The number of nitrogens with one attached hydrogen (secondary N) is 2. The van der Waals surface area contributed by atoms with Gasteiger partial charge in [-0.1, -0.05) is 127 Å². The Hall–Kier alpha value is -2.82. The van der Waals surface area contributed by atoms with Crippen molar-refractivity contribution < 1.29 is 29.4 Å². The summed E-state index contributed by atoms with van der Waals surface area (Å²) in [6.45, 7) is 7.61. The first kappa shape index (κ1) is 42.6. The van der Waals surface area contributed by atoms with E-state index in [9.17, 15) is 14.7 Å². The smallest absolute Gasteiger partial charge is 0.243 e. The summed E-state index contributed by atoms with van der Waals surface area (Å²) in [6.07, 6.45) is 19.4. The Morgan fingerprint density at radius 3 is 1.78 bits per heavy atom. The van der Waals surface area contributed by atoms with Crippen molar-refractivity contribution in [2.24, 2.45) is 0 Å². The number of hydrogen-bond donors (Lipinski definition) is 4. The van der Waals surface area contributed by atoms with Gasteiger partial charge in [-0.15, -0.1) is 0 Å². The molecular weight excluding hydrogens is 642 g/mol. The highest BCUT2D eigenvalue weighted by atomic mass is 16.7. The van der Waals surface area contributed by atoms with Crippen molar-refractivity contribution in [3.63, 3.8) is 0 Å². The SMILES string of the molecule is CCCCCCCCN(CCCCCCCC)C[C@@H]1C[C@H](c2ccc(CO)cc2)O[C@H](c2ccc(NC(=O)CCCCCCC(=O)NO)cc2)O1. The van der Waals surface area contributed by atoms with E-state index in [-0.39, 0.29) is 37.0 Å². The monoisotopic (exact) mass is 710 g/mol. The molecule has 0 aromatic heterocycles. The Morgan fingerprint density at radius 1 is 0.686 bits per heavy atom. The third-order valence-corrected chi connectivity index (χ3v) is 9.88. The molecule has 0 saturated carbocycles. The van der Waals surface area contributed by atoms with Crippen molar-refractivity contribution in [3.05, 3.63) is 65.2 Å². The summed E-state index contributed by atoms with van der Waals surface area (Å²) in [4.78, 5) is 26.3. The largest absolute Gasteiger partial charge is 0.392 e. The van der Waals surface area contributed by atoms with Crippen LogP contribution < -0.4 is 10.8 Å². The van der Waals surface area contributed by atoms with Gasteiger partial charge in [-0.25, -0.2) is 5.48 Å². The number of anilines is 1. The lowest BCUT2D eigenvalue weighted by Crippen LogP contribution is -2.40. The second-order valence-corrected chi connectivity index (χ2v) is 14.3. The average Bonchev–Trinajstić information content (AvgIpc) is 3.15. The average molecular weight is 710 g/mol. The molecule has 4 N–H and O–H groups in total. The quantitative estimate of drug-likeness (QED) is 0.0414. The van der Waals surface area contributed by atoms with Crippen LogP contribution in [0.1, 0.15) is 165 Å². The minimum Gasteiger partial charge on any atom is -0.392 e. The maximum atomic E-state index is 12.6. The number of nitrogens with zero attached hydrogens (tertiary/aromatic N) is 1. The van der Waals surface area contributed by atoms with Gasteiger partial charge in [-0.05, 0) is 62.0 Å². The van der Waals surface area contributed by atoms with Crippen LogP contribution >= 0.6 is 0 Å². The van der Waals surface area contributed by atoms with Crippen LogP contribution in [-0.2, 0) is 25.7 Å². The lowest BCUT2D eigenvalue weighted by molar-refractivity contribution is -0.253. The number of amides is 2. The van der Waals surface area contributed by atoms with Crippen LogP contribution in [0.15, 0.2) is 48.5 Å². The van der Waals surface area contributed by atoms with Crippen LogP contribution in [0.2, 0.25) is 0 Å². The number of ether oxygens (including phenoxy) is 2. The number of hydroxylamine groups is 1. The molecule has 51 heavy (non-hydrogen) atoms. The standard InChI is InChI=1S/C42H67N3O6/c1-3-5-7-9-13-17-29-45(30-18-14-10-8-6-4-2)32-38-31-39(35-23-21-34(33-46)22-24-35)51-42(50-38)36-25-27-37(28-26-36)43-40(47)19-15-11-12-16-20-41(48)44-49/h21-28,38-39,42,46,49H,3-20,29-33H2,1-2H3,(H,43,47)(H,44,48)/t38-,39+,42+/m0/s1. The Bertz CT molecular complexity index is 1190. The summed E-state index contributed by atoms with van der Waals surface area (Å²) in [5.74, 6) is -0.416. The number of carbonyl (C=O) groups excluding carboxylic acids is 2. The first-order valence-corrected chi connectivity index (χ1v) is 20.0. The zero-order valence-corrected chi connectivity index (χ0v) is 31.6. The van der Waals surface area contributed by atoms with E-state index in [0.29, 0.717) is 12.8 Å². The van der Waals surface area contributed by atoms with Gasteiger partial charge in [0.05, 0.1) is 18.8 Å². The minimum absolute atomic E-state index is 0.00357. The summed E-state index contributed by atoms with van der Waals surface area (Å²) in [5, 5.41) is 21.2. The predicted molar refractivity (Wildman–Crippen MR) is 204 cm³/mol. The molecule has 1 aliphatic heterocycles. The maximum absolute atomic E-state index is 12.6. The van der Waals surface area contributed by atoms with E-state index in [1.54, 1.807) is 5.48 Å². The van der Waals surface area contributed by atoms with Crippen LogP contribution in [0.5, 0.6) is 0 Å². The molecule has 1 heterocycles. The van der Waals surface area contributed by atoms with Crippen LogP contribution in [0, 0.1) is 0 Å². The molecule has 0 aliphatic carbocycles. The summed E-state index contributed by atoms with van der Waals surface area (Å²) >= 11 is 0. The fraction of sp³-hybridized carbons (Fsp3) is 0.667. The number of carbonyl (C=O) groups is 2. The van der Waals surface area contributed by atoms with Crippen molar-refractivity contribution in [3.8, 4) is 0 Å². The van der Waals surface area contributed by atoms with Crippen molar-refractivity contribution in [2.75, 3.05) is 25.0 Å². The van der Waals surface area contributed by atoms with Gasteiger partial charge in [0.25, 0.3) is 0 Å². The van der Waals surface area contributed by atoms with E-state index in [1.807, 2.05) is 36.4 Å². The number of aliphatic hydroxyl groups is 1. The second-order valence-electron chi connectivity index (χ2n) is 14.3. The first-order valence-electron chi connectivity index (χ1n) is 20.0. The van der Waals surface area contributed by atoms with E-state index >= 15 is 0 Å². The Kier molecular flexibility index (Phi) is 21.7. The van der Waals surface area contributed by atoms with Gasteiger partial charge >= 0.3 is 0 Å². The highest BCUT2D eigenvalue weighted by molar-refractivity contribution is 5.90. The zero-order valence-electron chi connectivity index (χ0n) is 31.6. The molecule has 0 bridgehead atoms. The summed E-state index contributed by atoms with van der Waals surface area (Å²) in [5.41, 5.74) is 5.27. The third kappa shape index (κ3) is 17.5. The molecule has 1 fully saturated rings. The van der Waals surface area contributed by atoms with Gasteiger partial charge in [0.15, 0.2) is 6.29 Å². The van der Waals surface area contributed by atoms with E-state index in [1.165, 1.54) is 77.0 Å². The summed E-state index contributed by atoms with van der Waals surface area (Å²) in [7, 11) is 0. The fourth-order valence-corrected chi connectivity index (χ4v) is 6.77. The number of hydrogen-bond acceptors (Lipinski definition) is 7. The van der Waals surface area contributed by atoms with Crippen LogP contribution in [0.4, 0.5) is 5.69 Å². The minimum atomic E-state index is -0.533. The van der Waals surface area contributed by atoms with Crippen LogP contribution in [0.3, 0.4) is 0 Å². The molecule has 3 atom stereocenters. The number of unbranched alkanes of at least 4 members (excludes halogenated alkanes) is 13. The molecule has 0 spiro atoms. The third-order valence-electron chi connectivity index (χ3n) is 9.88. The Morgan fingerprint density at radius 2 is 1.22 bits per heavy atom. The molecule has 9 nitrogen and oxygen atoms in total. The topological polar surface area (TPSA) is 120 Å². The molecular formula is C42H67N3O6. The predicted octanol–water partition coefficient (Wildman–Crippen LogP) is 9.53. The first-order chi connectivity index (χ1) is 24.9. The van der Waals surface area contributed by atoms with Gasteiger partial charge < -0.3 is 24.8 Å². The molecule has 0 unspecified atom stereocenters. The molecule has 3 rings (SSSR count). The normalized spacial score (nSPS) is 17.5. The highest BCUT2D eigenvalue weighted by Gasteiger charge is 2.33. The number of aliphatic hydroxyl groups excluding tert-OH is 1. The molecule has 0 radical (unpaired) electrons. The lowest BCUT2D eigenvalue weighted by atomic mass is 9.99. The highest BCUT2D eigenvalue weighted by Crippen LogP contribution is 2.38. The van der Waals surface area contributed by atoms with Gasteiger partial charge in [-0.2, -0.15) is 0 Å². The molecule has 286 valence electrons. The Labute approximate surface area is 307 Å². The van der Waals surface area contributed by atoms with Crippen molar-refractivity contribution >= 4 is 17.5 Å². The fourth-order valence-electron chi connectivity index (χ4n) is 6.77. The number of rotatable bonds is 27.